The van der Waals surface area contributed by atoms with Crippen molar-refractivity contribution in [1.29, 1.82) is 0 Å². The molecule has 8 heteroatoms. The zero-order valence-corrected chi connectivity index (χ0v) is 12.0. The highest BCUT2D eigenvalue weighted by molar-refractivity contribution is 5.86. The average molecular weight is 314 g/mol. The second-order valence-electron chi connectivity index (χ2n) is 4.96. The third-order valence-corrected chi connectivity index (χ3v) is 3.43. The molecule has 1 heterocycles. The standard InChI is InChI=1S/C14H19FN2O5/c15-12-7-10(17(14(20)21)8-11(19)9-18)1-2-13(12)16-3-5-22-6-4-16/h1-2,7,11,18-19H,3-6,8-9H2,(H,20,21)/t11-/m1/s1. The highest BCUT2D eigenvalue weighted by Crippen LogP contribution is 2.26. The van der Waals surface area contributed by atoms with Crippen LogP contribution in [-0.2, 0) is 4.74 Å². The number of carbonyl (C=O) groups is 1. The van der Waals surface area contributed by atoms with Gasteiger partial charge in [0.15, 0.2) is 0 Å². The number of anilines is 2. The Morgan fingerprint density at radius 2 is 2.09 bits per heavy atom. The summed E-state index contributed by atoms with van der Waals surface area (Å²) in [6.07, 6.45) is -2.55. The molecule has 0 radical (unpaired) electrons. The third-order valence-electron chi connectivity index (χ3n) is 3.43. The van der Waals surface area contributed by atoms with Crippen LogP contribution in [0.4, 0.5) is 20.6 Å². The lowest BCUT2D eigenvalue weighted by atomic mass is 10.2. The lowest BCUT2D eigenvalue weighted by molar-refractivity contribution is 0.0988. The van der Waals surface area contributed by atoms with Gasteiger partial charge < -0.3 is 25.0 Å². The highest BCUT2D eigenvalue weighted by Gasteiger charge is 2.21. The monoisotopic (exact) mass is 314 g/mol. The number of amides is 1. The largest absolute Gasteiger partial charge is 0.465 e. The molecule has 1 atom stereocenters. The van der Waals surface area contributed by atoms with Crippen LogP contribution in [0.5, 0.6) is 0 Å². The minimum Gasteiger partial charge on any atom is -0.465 e. The Morgan fingerprint density at radius 1 is 1.41 bits per heavy atom. The van der Waals surface area contributed by atoms with E-state index in [0.29, 0.717) is 32.0 Å². The number of hydrogen-bond acceptors (Lipinski definition) is 5. The van der Waals surface area contributed by atoms with E-state index in [1.165, 1.54) is 12.1 Å². The summed E-state index contributed by atoms with van der Waals surface area (Å²) in [5.41, 5.74) is 0.495. The zero-order valence-electron chi connectivity index (χ0n) is 12.0. The summed E-state index contributed by atoms with van der Waals surface area (Å²) in [6, 6.07) is 4.10. The molecule has 1 aromatic carbocycles. The van der Waals surface area contributed by atoms with Gasteiger partial charge >= 0.3 is 6.09 Å². The van der Waals surface area contributed by atoms with Crippen LogP contribution in [0, 0.1) is 5.82 Å². The molecular formula is C14H19FN2O5. The van der Waals surface area contributed by atoms with Crippen molar-refractivity contribution in [3.05, 3.63) is 24.0 Å². The maximum atomic E-state index is 14.3. The van der Waals surface area contributed by atoms with Crippen LogP contribution in [0.1, 0.15) is 0 Å². The number of hydrogen-bond donors (Lipinski definition) is 3. The first-order valence-electron chi connectivity index (χ1n) is 6.94. The Morgan fingerprint density at radius 3 is 2.64 bits per heavy atom. The summed E-state index contributed by atoms with van der Waals surface area (Å²) in [7, 11) is 0. The number of carboxylic acid groups (broad SMARTS) is 1. The molecule has 1 aromatic rings. The Kier molecular flexibility index (Phi) is 5.53. The van der Waals surface area contributed by atoms with Crippen molar-refractivity contribution in [2.24, 2.45) is 0 Å². The third kappa shape index (κ3) is 3.85. The molecule has 3 N–H and O–H groups in total. The average Bonchev–Trinajstić information content (AvgIpc) is 2.52. The van der Waals surface area contributed by atoms with E-state index in [0.717, 1.165) is 11.0 Å². The fourth-order valence-electron chi connectivity index (χ4n) is 2.29. The van der Waals surface area contributed by atoms with Crippen molar-refractivity contribution in [1.82, 2.24) is 0 Å². The smallest absolute Gasteiger partial charge is 0.411 e. The number of ether oxygens (including phenoxy) is 1. The molecular weight excluding hydrogens is 295 g/mol. The normalized spacial score (nSPS) is 16.4. The zero-order chi connectivity index (χ0) is 16.1. The maximum absolute atomic E-state index is 14.3. The van der Waals surface area contributed by atoms with E-state index in [9.17, 15) is 14.3 Å². The Labute approximate surface area is 127 Å². The van der Waals surface area contributed by atoms with E-state index >= 15 is 0 Å². The van der Waals surface area contributed by atoms with E-state index in [1.807, 2.05) is 4.90 Å². The minimum absolute atomic E-state index is 0.106. The van der Waals surface area contributed by atoms with Gasteiger partial charge in [-0.1, -0.05) is 0 Å². The number of morpholine rings is 1. The summed E-state index contributed by atoms with van der Waals surface area (Å²) in [5, 5.41) is 27.4. The molecule has 7 nitrogen and oxygen atoms in total. The van der Waals surface area contributed by atoms with Gasteiger partial charge in [0.25, 0.3) is 0 Å². The Hall–Kier alpha value is -1.90. The van der Waals surface area contributed by atoms with Crippen LogP contribution in [0.3, 0.4) is 0 Å². The lowest BCUT2D eigenvalue weighted by Crippen LogP contribution is -2.38. The summed E-state index contributed by atoms with van der Waals surface area (Å²) in [5.74, 6) is -0.538. The summed E-state index contributed by atoms with van der Waals surface area (Å²) in [6.45, 7) is 1.28. The molecule has 0 bridgehead atoms. The molecule has 0 aromatic heterocycles. The van der Waals surface area contributed by atoms with Crippen LogP contribution in [-0.4, -0.2) is 67.0 Å². The molecule has 0 saturated carbocycles. The quantitative estimate of drug-likeness (QED) is 0.733. The number of halogens is 1. The topological polar surface area (TPSA) is 93.5 Å². The van der Waals surface area contributed by atoms with Crippen molar-refractivity contribution < 1.29 is 29.2 Å². The fourth-order valence-corrected chi connectivity index (χ4v) is 2.29. The summed E-state index contributed by atoms with van der Waals surface area (Å²) in [4.78, 5) is 13.9. The van der Waals surface area contributed by atoms with Gasteiger partial charge in [-0.3, -0.25) is 4.90 Å². The minimum atomic E-state index is -1.33. The van der Waals surface area contributed by atoms with Gasteiger partial charge in [0, 0.05) is 13.1 Å². The number of aliphatic hydroxyl groups is 2. The van der Waals surface area contributed by atoms with Crippen LogP contribution in [0.25, 0.3) is 0 Å². The van der Waals surface area contributed by atoms with Crippen molar-refractivity contribution >= 4 is 17.5 Å². The number of benzene rings is 1. The first kappa shape index (κ1) is 16.5. The van der Waals surface area contributed by atoms with E-state index in [2.05, 4.69) is 0 Å². The van der Waals surface area contributed by atoms with Gasteiger partial charge in [0.1, 0.15) is 5.82 Å². The van der Waals surface area contributed by atoms with Gasteiger partial charge in [0.05, 0.1) is 43.8 Å². The van der Waals surface area contributed by atoms with Gasteiger partial charge in [-0.25, -0.2) is 9.18 Å². The first-order valence-corrected chi connectivity index (χ1v) is 6.94. The van der Waals surface area contributed by atoms with Crippen LogP contribution in [0.15, 0.2) is 18.2 Å². The number of aliphatic hydroxyl groups excluding tert-OH is 2. The van der Waals surface area contributed by atoms with Crippen molar-refractivity contribution in [2.75, 3.05) is 49.3 Å². The van der Waals surface area contributed by atoms with E-state index < -0.39 is 24.6 Å². The number of nitrogens with zero attached hydrogens (tertiary/aromatic N) is 2. The lowest BCUT2D eigenvalue weighted by Gasteiger charge is -2.30. The van der Waals surface area contributed by atoms with Crippen LogP contribution in [0.2, 0.25) is 0 Å². The number of rotatable bonds is 5. The second-order valence-corrected chi connectivity index (χ2v) is 4.96. The van der Waals surface area contributed by atoms with Gasteiger partial charge in [0.2, 0.25) is 0 Å². The molecule has 1 fully saturated rings. The first-order chi connectivity index (χ1) is 10.5. The molecule has 1 aliphatic rings. The van der Waals surface area contributed by atoms with Crippen LogP contribution < -0.4 is 9.80 Å². The fraction of sp³-hybridized carbons (Fsp3) is 0.500. The molecule has 2 rings (SSSR count). The predicted octanol–water partition coefficient (Wildman–Crippen LogP) is 0.500. The van der Waals surface area contributed by atoms with Crippen molar-refractivity contribution in [3.63, 3.8) is 0 Å². The molecule has 1 aliphatic heterocycles. The Bertz CT molecular complexity index is 522. The van der Waals surface area contributed by atoms with E-state index in [4.69, 9.17) is 14.9 Å². The molecule has 1 saturated heterocycles. The van der Waals surface area contributed by atoms with Crippen molar-refractivity contribution in [2.45, 2.75) is 6.10 Å². The van der Waals surface area contributed by atoms with E-state index in [1.54, 1.807) is 0 Å². The SMILES string of the molecule is O=C(O)N(C[C@@H](O)CO)c1ccc(N2CCOCC2)c(F)c1. The predicted molar refractivity (Wildman–Crippen MR) is 77.9 cm³/mol. The molecule has 0 unspecified atom stereocenters. The van der Waals surface area contributed by atoms with Crippen molar-refractivity contribution in [3.8, 4) is 0 Å². The van der Waals surface area contributed by atoms with Crippen LogP contribution >= 0.6 is 0 Å². The van der Waals surface area contributed by atoms with E-state index in [-0.39, 0.29) is 12.2 Å². The van der Waals surface area contributed by atoms with Gasteiger partial charge in [-0.15, -0.1) is 0 Å². The highest BCUT2D eigenvalue weighted by atomic mass is 19.1. The molecule has 1 amide bonds. The molecule has 122 valence electrons. The molecule has 22 heavy (non-hydrogen) atoms. The summed E-state index contributed by atoms with van der Waals surface area (Å²) < 4.78 is 19.5. The second kappa shape index (κ2) is 7.39. The summed E-state index contributed by atoms with van der Waals surface area (Å²) >= 11 is 0. The van der Waals surface area contributed by atoms with Gasteiger partial charge in [-0.2, -0.15) is 0 Å². The maximum Gasteiger partial charge on any atom is 0.411 e. The molecule has 0 spiro atoms. The molecule has 0 aliphatic carbocycles. The van der Waals surface area contributed by atoms with Gasteiger partial charge in [-0.05, 0) is 18.2 Å². The Balaban J connectivity index is 2.20.